The van der Waals surface area contributed by atoms with Crippen LogP contribution in [0.2, 0.25) is 5.02 Å². The van der Waals surface area contributed by atoms with Crippen LogP contribution in [0.15, 0.2) is 84.3 Å². The molecule has 0 unspecified atom stereocenters. The van der Waals surface area contributed by atoms with Gasteiger partial charge in [-0.1, -0.05) is 71.9 Å². The average Bonchev–Trinajstić information content (AvgIpc) is 3.21. The summed E-state index contributed by atoms with van der Waals surface area (Å²) in [6, 6.07) is 24.3. The molecule has 5 aromatic rings. The van der Waals surface area contributed by atoms with Crippen molar-refractivity contribution in [1.29, 1.82) is 0 Å². The maximum atomic E-state index is 6.14. The summed E-state index contributed by atoms with van der Waals surface area (Å²) < 4.78 is 1.94. The third-order valence-corrected chi connectivity index (χ3v) is 5.82. The predicted octanol–water partition coefficient (Wildman–Crippen LogP) is 5.91. The SMILES string of the molecule is Clc1cccc(-n2cnnc2SCc2nc3ccccc3c3ccccc23)c1. The highest BCUT2D eigenvalue weighted by atomic mass is 35.5. The number of nitrogens with zero attached hydrogens (tertiary/aromatic N) is 4. The lowest BCUT2D eigenvalue weighted by Crippen LogP contribution is -1.97. The van der Waals surface area contributed by atoms with Gasteiger partial charge in [0.15, 0.2) is 5.16 Å². The van der Waals surface area contributed by atoms with Crippen LogP contribution in [0.4, 0.5) is 0 Å². The standard InChI is InChI=1S/C22H15ClN4S/c23-15-6-5-7-16(12-15)27-14-24-26-22(27)28-13-21-19-10-2-1-8-17(19)18-9-3-4-11-20(18)25-21/h1-12,14H,13H2. The minimum absolute atomic E-state index is 0.685. The van der Waals surface area contributed by atoms with Crippen LogP contribution >= 0.6 is 23.4 Å². The Balaban J connectivity index is 1.53. The lowest BCUT2D eigenvalue weighted by atomic mass is 10.0. The Morgan fingerprint density at radius 1 is 0.857 bits per heavy atom. The summed E-state index contributed by atoms with van der Waals surface area (Å²) in [6.45, 7) is 0. The topological polar surface area (TPSA) is 43.6 Å². The van der Waals surface area contributed by atoms with Crippen molar-refractivity contribution in [2.24, 2.45) is 0 Å². The van der Waals surface area contributed by atoms with Crippen LogP contribution in [-0.4, -0.2) is 19.7 Å². The van der Waals surface area contributed by atoms with Crippen LogP contribution in [0, 0.1) is 0 Å². The van der Waals surface area contributed by atoms with Gasteiger partial charge in [-0.05, 0) is 29.7 Å². The molecule has 4 nitrogen and oxygen atoms in total. The second kappa shape index (κ2) is 7.26. The zero-order valence-corrected chi connectivity index (χ0v) is 16.4. The van der Waals surface area contributed by atoms with Gasteiger partial charge in [-0.25, -0.2) is 0 Å². The Hall–Kier alpha value is -2.89. The van der Waals surface area contributed by atoms with E-state index in [9.17, 15) is 0 Å². The molecular weight excluding hydrogens is 388 g/mol. The first-order valence-corrected chi connectivity index (χ1v) is 10.2. The Kier molecular flexibility index (Phi) is 4.47. The van der Waals surface area contributed by atoms with E-state index in [4.69, 9.17) is 16.6 Å². The molecule has 28 heavy (non-hydrogen) atoms. The van der Waals surface area contributed by atoms with Crippen LogP contribution in [0.25, 0.3) is 27.4 Å². The third kappa shape index (κ3) is 3.13. The molecule has 0 saturated carbocycles. The second-order valence-electron chi connectivity index (χ2n) is 6.37. The van der Waals surface area contributed by atoms with Crippen molar-refractivity contribution in [3.63, 3.8) is 0 Å². The summed E-state index contributed by atoms with van der Waals surface area (Å²) in [7, 11) is 0. The van der Waals surface area contributed by atoms with E-state index < -0.39 is 0 Å². The smallest absolute Gasteiger partial charge is 0.195 e. The van der Waals surface area contributed by atoms with Gasteiger partial charge in [0, 0.05) is 21.5 Å². The molecule has 0 atom stereocenters. The number of aromatic nitrogens is 4. The minimum Gasteiger partial charge on any atom is -0.277 e. The summed E-state index contributed by atoms with van der Waals surface area (Å²) in [5, 5.41) is 13.4. The highest BCUT2D eigenvalue weighted by molar-refractivity contribution is 7.98. The van der Waals surface area contributed by atoms with Gasteiger partial charge in [-0.2, -0.15) is 0 Å². The summed E-state index contributed by atoms with van der Waals surface area (Å²) in [5.74, 6) is 0.699. The van der Waals surface area contributed by atoms with E-state index in [1.54, 1.807) is 18.1 Å². The molecule has 136 valence electrons. The predicted molar refractivity (Wildman–Crippen MR) is 115 cm³/mol. The summed E-state index contributed by atoms with van der Waals surface area (Å²) in [6.07, 6.45) is 1.71. The van der Waals surface area contributed by atoms with Crippen LogP contribution in [-0.2, 0) is 5.75 Å². The Morgan fingerprint density at radius 3 is 2.50 bits per heavy atom. The first kappa shape index (κ1) is 17.2. The van der Waals surface area contributed by atoms with Crippen LogP contribution in [0.5, 0.6) is 0 Å². The molecule has 0 saturated heterocycles. The molecule has 5 rings (SSSR count). The van der Waals surface area contributed by atoms with Crippen molar-refractivity contribution in [3.8, 4) is 5.69 Å². The first-order chi connectivity index (χ1) is 13.8. The highest BCUT2D eigenvalue weighted by Gasteiger charge is 2.12. The molecule has 3 aromatic carbocycles. The fourth-order valence-corrected chi connectivity index (χ4v) is 4.41. The molecule has 0 aliphatic heterocycles. The monoisotopic (exact) mass is 402 g/mol. The lowest BCUT2D eigenvalue weighted by Gasteiger charge is -2.10. The molecule has 2 heterocycles. The van der Waals surface area contributed by atoms with E-state index >= 15 is 0 Å². The molecule has 6 heteroatoms. The molecular formula is C22H15ClN4S. The van der Waals surface area contributed by atoms with Gasteiger partial charge >= 0.3 is 0 Å². The van der Waals surface area contributed by atoms with Gasteiger partial charge in [-0.3, -0.25) is 9.55 Å². The average molecular weight is 403 g/mol. The van der Waals surface area contributed by atoms with Gasteiger partial charge in [0.05, 0.1) is 16.9 Å². The van der Waals surface area contributed by atoms with Gasteiger partial charge in [0.25, 0.3) is 0 Å². The van der Waals surface area contributed by atoms with E-state index in [-0.39, 0.29) is 0 Å². The fraction of sp³-hybridized carbons (Fsp3) is 0.0455. The number of thioether (sulfide) groups is 1. The molecule has 0 bridgehead atoms. The van der Waals surface area contributed by atoms with Crippen molar-refractivity contribution in [1.82, 2.24) is 19.7 Å². The van der Waals surface area contributed by atoms with Crippen LogP contribution in [0.1, 0.15) is 5.69 Å². The van der Waals surface area contributed by atoms with Gasteiger partial charge in [0.2, 0.25) is 0 Å². The number of pyridine rings is 1. The number of para-hydroxylation sites is 1. The van der Waals surface area contributed by atoms with E-state index in [0.29, 0.717) is 10.8 Å². The zero-order chi connectivity index (χ0) is 18.9. The largest absolute Gasteiger partial charge is 0.277 e. The zero-order valence-electron chi connectivity index (χ0n) is 14.8. The Labute approximate surface area is 171 Å². The number of hydrogen-bond acceptors (Lipinski definition) is 4. The van der Waals surface area contributed by atoms with E-state index in [1.807, 2.05) is 34.9 Å². The molecule has 0 radical (unpaired) electrons. The van der Waals surface area contributed by atoms with Crippen molar-refractivity contribution < 1.29 is 0 Å². The number of rotatable bonds is 4. The quantitative estimate of drug-likeness (QED) is 0.276. The van der Waals surface area contributed by atoms with E-state index in [1.165, 1.54) is 16.2 Å². The van der Waals surface area contributed by atoms with Crippen LogP contribution < -0.4 is 0 Å². The number of hydrogen-bond donors (Lipinski definition) is 0. The molecule has 0 aliphatic carbocycles. The molecule has 0 amide bonds. The molecule has 0 fully saturated rings. The molecule has 0 N–H and O–H groups in total. The molecule has 0 spiro atoms. The summed E-state index contributed by atoms with van der Waals surface area (Å²) >= 11 is 7.75. The summed E-state index contributed by atoms with van der Waals surface area (Å²) in [4.78, 5) is 4.92. The Bertz CT molecular complexity index is 1300. The van der Waals surface area contributed by atoms with Crippen molar-refractivity contribution in [3.05, 3.63) is 89.8 Å². The molecule has 2 aromatic heterocycles. The second-order valence-corrected chi connectivity index (χ2v) is 7.75. The number of fused-ring (bicyclic) bond motifs is 3. The summed E-state index contributed by atoms with van der Waals surface area (Å²) in [5.41, 5.74) is 2.99. The number of halogens is 1. The number of benzene rings is 3. The van der Waals surface area contributed by atoms with E-state index in [2.05, 4.69) is 52.7 Å². The lowest BCUT2D eigenvalue weighted by molar-refractivity contribution is 0.883. The minimum atomic E-state index is 0.685. The Morgan fingerprint density at radius 2 is 1.64 bits per heavy atom. The highest BCUT2D eigenvalue weighted by Crippen LogP contribution is 2.30. The maximum absolute atomic E-state index is 6.14. The van der Waals surface area contributed by atoms with Gasteiger partial charge in [0.1, 0.15) is 6.33 Å². The van der Waals surface area contributed by atoms with Crippen LogP contribution in [0.3, 0.4) is 0 Å². The third-order valence-electron chi connectivity index (χ3n) is 4.63. The first-order valence-electron chi connectivity index (χ1n) is 8.85. The van der Waals surface area contributed by atoms with Gasteiger partial charge in [-0.15, -0.1) is 10.2 Å². The van der Waals surface area contributed by atoms with Crippen molar-refractivity contribution in [2.45, 2.75) is 10.9 Å². The van der Waals surface area contributed by atoms with Crippen molar-refractivity contribution in [2.75, 3.05) is 0 Å². The maximum Gasteiger partial charge on any atom is 0.195 e. The fourth-order valence-electron chi connectivity index (χ4n) is 3.34. The van der Waals surface area contributed by atoms with Crippen molar-refractivity contribution >= 4 is 45.0 Å². The van der Waals surface area contributed by atoms with Gasteiger partial charge < -0.3 is 0 Å². The normalized spacial score (nSPS) is 11.3. The molecule has 0 aliphatic rings. The van der Waals surface area contributed by atoms with E-state index in [0.717, 1.165) is 22.1 Å².